The molecule has 1 amide bonds. The van der Waals surface area contributed by atoms with Gasteiger partial charge in [-0.25, -0.2) is 19.3 Å². The van der Waals surface area contributed by atoms with Gasteiger partial charge in [-0.1, -0.05) is 53.0 Å². The third-order valence-electron chi connectivity index (χ3n) is 7.54. The number of halogens is 1. The summed E-state index contributed by atoms with van der Waals surface area (Å²) in [6, 6.07) is 3.99. The van der Waals surface area contributed by atoms with Crippen LogP contribution in [0.3, 0.4) is 0 Å². The van der Waals surface area contributed by atoms with Gasteiger partial charge < -0.3 is 10.2 Å². The molecule has 1 N–H and O–H groups in total. The highest BCUT2D eigenvalue weighted by atomic mass is 32.1. The first-order valence-corrected chi connectivity index (χ1v) is 14.3. The van der Waals surface area contributed by atoms with E-state index in [0.717, 1.165) is 48.1 Å². The highest BCUT2D eigenvalue weighted by Crippen LogP contribution is 2.60. The van der Waals surface area contributed by atoms with Gasteiger partial charge in [-0.2, -0.15) is 0 Å². The predicted octanol–water partition coefficient (Wildman–Crippen LogP) is 7.97. The lowest BCUT2D eigenvalue weighted by Crippen LogP contribution is -2.29. The van der Waals surface area contributed by atoms with Gasteiger partial charge in [0.05, 0.1) is 22.2 Å². The van der Waals surface area contributed by atoms with Crippen molar-refractivity contribution in [2.45, 2.75) is 91.0 Å². The van der Waals surface area contributed by atoms with Crippen molar-refractivity contribution < 1.29 is 9.18 Å². The van der Waals surface area contributed by atoms with Gasteiger partial charge in [0.1, 0.15) is 11.5 Å². The number of carbonyl (C=O) groups excluding carboxylic acids is 1. The lowest BCUT2D eigenvalue weighted by atomic mass is 9.93. The molecule has 1 spiro atoms. The van der Waals surface area contributed by atoms with Crippen LogP contribution in [0.25, 0.3) is 10.6 Å². The summed E-state index contributed by atoms with van der Waals surface area (Å²) in [6.07, 6.45) is 11.0. The SMILES string of the molecule is CCCC.CCCC(CC)c1ccc(Nc2ncc(F)c(-c3sc4c(c3C)C(=O)N(C)C43CC3)n2)nc1. The molecule has 1 fully saturated rings. The van der Waals surface area contributed by atoms with Crippen LogP contribution in [-0.4, -0.2) is 32.8 Å². The van der Waals surface area contributed by atoms with Crippen LogP contribution in [0.1, 0.15) is 105 Å². The molecule has 198 valence electrons. The van der Waals surface area contributed by atoms with Crippen molar-refractivity contribution in [2.24, 2.45) is 0 Å². The smallest absolute Gasteiger partial charge is 0.255 e. The minimum absolute atomic E-state index is 0.0214. The average molecular weight is 524 g/mol. The minimum atomic E-state index is -0.497. The number of carbonyl (C=O) groups is 1. The number of pyridine rings is 1. The Labute approximate surface area is 223 Å². The Balaban J connectivity index is 0.000000747. The van der Waals surface area contributed by atoms with E-state index in [9.17, 15) is 9.18 Å². The van der Waals surface area contributed by atoms with E-state index in [-0.39, 0.29) is 23.1 Å². The van der Waals surface area contributed by atoms with Crippen LogP contribution >= 0.6 is 11.3 Å². The zero-order chi connectivity index (χ0) is 26.7. The summed E-state index contributed by atoms with van der Waals surface area (Å²) in [5, 5.41) is 3.10. The Bertz CT molecular complexity index is 1250. The van der Waals surface area contributed by atoms with Crippen molar-refractivity contribution in [2.75, 3.05) is 12.4 Å². The maximum atomic E-state index is 14.8. The number of hydrogen-bond acceptors (Lipinski definition) is 6. The number of unbranched alkanes of at least 4 members (excludes halogenated alkanes) is 1. The molecule has 1 aliphatic carbocycles. The van der Waals surface area contributed by atoms with Gasteiger partial charge in [0, 0.05) is 18.1 Å². The molecule has 3 aromatic heterocycles. The second-order valence-corrected chi connectivity index (χ2v) is 11.1. The molecular formula is C29H38FN5OS. The largest absolute Gasteiger partial charge is 0.331 e. The highest BCUT2D eigenvalue weighted by Gasteiger charge is 2.58. The maximum Gasteiger partial charge on any atom is 0.255 e. The van der Waals surface area contributed by atoms with Crippen LogP contribution in [0.4, 0.5) is 16.2 Å². The zero-order valence-corrected chi connectivity index (χ0v) is 23.6. The molecule has 1 saturated carbocycles. The molecule has 0 radical (unpaired) electrons. The summed E-state index contributed by atoms with van der Waals surface area (Å²) in [5.41, 5.74) is 2.77. The lowest BCUT2D eigenvalue weighted by Gasteiger charge is -2.19. The molecule has 3 aromatic rings. The maximum absolute atomic E-state index is 14.8. The van der Waals surface area contributed by atoms with E-state index in [1.807, 2.05) is 31.1 Å². The molecule has 4 heterocycles. The molecule has 5 rings (SSSR count). The van der Waals surface area contributed by atoms with Gasteiger partial charge in [0.25, 0.3) is 5.91 Å². The fourth-order valence-corrected chi connectivity index (χ4v) is 6.47. The molecule has 0 aromatic carbocycles. The van der Waals surface area contributed by atoms with Crippen molar-refractivity contribution in [1.82, 2.24) is 19.9 Å². The van der Waals surface area contributed by atoms with Crippen LogP contribution < -0.4 is 5.32 Å². The van der Waals surface area contributed by atoms with E-state index in [1.165, 1.54) is 35.9 Å². The Hall–Kier alpha value is -2.87. The molecule has 0 bridgehead atoms. The number of thiophene rings is 1. The van der Waals surface area contributed by atoms with Crippen LogP contribution in [0.5, 0.6) is 0 Å². The molecule has 1 aliphatic heterocycles. The molecule has 2 aliphatic rings. The number of rotatable bonds is 8. The second kappa shape index (κ2) is 11.3. The van der Waals surface area contributed by atoms with Crippen molar-refractivity contribution in [1.29, 1.82) is 0 Å². The summed E-state index contributed by atoms with van der Waals surface area (Å²) in [5.74, 6) is 0.924. The fourth-order valence-electron chi connectivity index (χ4n) is 4.90. The van der Waals surface area contributed by atoms with Crippen molar-refractivity contribution in [3.05, 3.63) is 51.9 Å². The van der Waals surface area contributed by atoms with Crippen LogP contribution in [0.15, 0.2) is 24.5 Å². The molecule has 0 saturated heterocycles. The van der Waals surface area contributed by atoms with E-state index in [2.05, 4.69) is 54.0 Å². The normalized spacial score (nSPS) is 15.9. The Morgan fingerprint density at radius 3 is 2.41 bits per heavy atom. The van der Waals surface area contributed by atoms with Gasteiger partial charge in [0.2, 0.25) is 5.95 Å². The number of fused-ring (bicyclic) bond motifs is 2. The molecule has 1 unspecified atom stereocenters. The van der Waals surface area contributed by atoms with Gasteiger partial charge in [-0.3, -0.25) is 4.79 Å². The average Bonchev–Trinajstić information content (AvgIpc) is 3.61. The highest BCUT2D eigenvalue weighted by molar-refractivity contribution is 7.16. The summed E-state index contributed by atoms with van der Waals surface area (Å²) in [7, 11) is 1.86. The van der Waals surface area contributed by atoms with E-state index in [0.29, 0.717) is 16.6 Å². The first-order valence-electron chi connectivity index (χ1n) is 13.5. The number of nitrogens with zero attached hydrogens (tertiary/aromatic N) is 4. The third kappa shape index (κ3) is 5.13. The molecule has 1 atom stereocenters. The van der Waals surface area contributed by atoms with Crippen molar-refractivity contribution in [3.63, 3.8) is 0 Å². The molecule has 6 nitrogen and oxygen atoms in total. The first kappa shape index (κ1) is 27.2. The quantitative estimate of drug-likeness (QED) is 0.324. The standard InChI is InChI=1S/C25H28FN5OS.C4H10/c1-5-7-15(6-2)16-8-9-18(27-12-16)29-24-28-13-17(26)20(30-24)21-14(3)19-22(33-21)25(10-11-25)31(4)23(19)32;1-3-4-2/h8-9,12-13,15H,5-7,10-11H2,1-4H3,(H,27,28,29,30);3-4H2,1-2H3. The van der Waals surface area contributed by atoms with Gasteiger partial charge in [-0.05, 0) is 55.7 Å². The van der Waals surface area contributed by atoms with Crippen LogP contribution in [0, 0.1) is 12.7 Å². The topological polar surface area (TPSA) is 71.0 Å². The number of anilines is 2. The van der Waals surface area contributed by atoms with Gasteiger partial charge in [0.15, 0.2) is 5.82 Å². The molecule has 8 heteroatoms. The van der Waals surface area contributed by atoms with Crippen LogP contribution in [-0.2, 0) is 5.54 Å². The number of hydrogen-bond donors (Lipinski definition) is 1. The van der Waals surface area contributed by atoms with E-state index < -0.39 is 5.82 Å². The van der Waals surface area contributed by atoms with E-state index >= 15 is 0 Å². The second-order valence-electron chi connectivity index (χ2n) is 10.0. The summed E-state index contributed by atoms with van der Waals surface area (Å²) >= 11 is 1.48. The zero-order valence-electron chi connectivity index (χ0n) is 22.8. The summed E-state index contributed by atoms with van der Waals surface area (Å²) in [4.78, 5) is 29.5. The number of nitrogens with one attached hydrogen (secondary N) is 1. The Morgan fingerprint density at radius 2 is 1.84 bits per heavy atom. The summed E-state index contributed by atoms with van der Waals surface area (Å²) in [6.45, 7) is 10.6. The molecule has 37 heavy (non-hydrogen) atoms. The number of amides is 1. The summed E-state index contributed by atoms with van der Waals surface area (Å²) < 4.78 is 14.8. The van der Waals surface area contributed by atoms with Gasteiger partial charge >= 0.3 is 0 Å². The Morgan fingerprint density at radius 1 is 1.11 bits per heavy atom. The minimum Gasteiger partial charge on any atom is -0.331 e. The fraction of sp³-hybridized carbons (Fsp3) is 0.517. The third-order valence-corrected chi connectivity index (χ3v) is 9.03. The van der Waals surface area contributed by atoms with Crippen LogP contribution in [0.2, 0.25) is 0 Å². The van der Waals surface area contributed by atoms with Gasteiger partial charge in [-0.15, -0.1) is 11.3 Å². The molecular weight excluding hydrogens is 485 g/mol. The van der Waals surface area contributed by atoms with E-state index in [4.69, 9.17) is 0 Å². The predicted molar refractivity (Wildman–Crippen MR) is 149 cm³/mol. The lowest BCUT2D eigenvalue weighted by molar-refractivity contribution is 0.0755. The Kier molecular flexibility index (Phi) is 8.26. The van der Waals surface area contributed by atoms with Crippen molar-refractivity contribution >= 4 is 29.0 Å². The number of aromatic nitrogens is 3. The monoisotopic (exact) mass is 523 g/mol. The van der Waals surface area contributed by atoms with E-state index in [1.54, 1.807) is 0 Å². The van der Waals surface area contributed by atoms with Crippen molar-refractivity contribution in [3.8, 4) is 10.6 Å². The first-order chi connectivity index (χ1) is 17.8.